The first-order chi connectivity index (χ1) is 11.4. The van der Waals surface area contributed by atoms with E-state index in [1.165, 1.54) is 28.4 Å². The molecule has 1 aromatic carbocycles. The summed E-state index contributed by atoms with van der Waals surface area (Å²) in [6.45, 7) is 4.85. The molecule has 0 bridgehead atoms. The van der Waals surface area contributed by atoms with Crippen molar-refractivity contribution in [3.05, 3.63) is 51.5 Å². The minimum Gasteiger partial charge on any atom is -0.478 e. The number of benzene rings is 1. The average molecular weight is 348 g/mol. The smallest absolute Gasteiger partial charge is 0.335 e. The Morgan fingerprint density at radius 3 is 2.75 bits per heavy atom. The van der Waals surface area contributed by atoms with E-state index in [9.17, 15) is 9.59 Å². The molecule has 1 heterocycles. The maximum Gasteiger partial charge on any atom is 0.335 e. The highest BCUT2D eigenvalue weighted by atomic mass is 32.1. The monoisotopic (exact) mass is 348 g/mol. The Bertz CT molecular complexity index is 729. The van der Waals surface area contributed by atoms with Crippen LogP contribution in [-0.4, -0.2) is 40.5 Å². The maximum atomic E-state index is 12.5. The molecule has 0 aliphatic rings. The highest BCUT2D eigenvalue weighted by Gasteiger charge is 2.16. The first-order valence-corrected chi connectivity index (χ1v) is 8.45. The molecule has 2 aromatic rings. The summed E-state index contributed by atoms with van der Waals surface area (Å²) in [5.74, 6) is -1.30. The number of carbonyl (C=O) groups excluding carboxylic acids is 1. The molecule has 0 aliphatic heterocycles. The van der Waals surface area contributed by atoms with Crippen molar-refractivity contribution >= 4 is 23.2 Å². The van der Waals surface area contributed by atoms with Crippen LogP contribution in [0.1, 0.15) is 51.4 Å². The van der Waals surface area contributed by atoms with Crippen LogP contribution in [0, 0.1) is 0 Å². The average Bonchev–Trinajstić information content (AvgIpc) is 3.03. The molecule has 1 amide bonds. The van der Waals surface area contributed by atoms with Gasteiger partial charge in [-0.3, -0.25) is 4.79 Å². The number of carboxylic acid groups (broad SMARTS) is 1. The number of carboxylic acids is 1. The molecular formula is C17H20N2O4S. The largest absolute Gasteiger partial charge is 0.478 e. The van der Waals surface area contributed by atoms with Crippen LogP contribution in [0.15, 0.2) is 29.6 Å². The molecule has 6 nitrogen and oxygen atoms in total. The zero-order chi connectivity index (χ0) is 17.7. The SMILES string of the molecule is CCOC(C)c1nc(CN(C)C(=O)c2cccc(C(=O)O)c2)cs1. The number of carbonyl (C=O) groups is 2. The van der Waals surface area contributed by atoms with Crippen LogP contribution in [0.3, 0.4) is 0 Å². The summed E-state index contributed by atoms with van der Waals surface area (Å²) < 4.78 is 5.51. The molecule has 1 atom stereocenters. The molecule has 0 aliphatic carbocycles. The molecule has 1 N–H and O–H groups in total. The van der Waals surface area contributed by atoms with Crippen LogP contribution in [0.4, 0.5) is 0 Å². The van der Waals surface area contributed by atoms with Crippen molar-refractivity contribution in [2.45, 2.75) is 26.5 Å². The summed E-state index contributed by atoms with van der Waals surface area (Å²) in [7, 11) is 1.67. The highest BCUT2D eigenvalue weighted by molar-refractivity contribution is 7.09. The minimum absolute atomic E-state index is 0.0676. The third-order valence-corrected chi connectivity index (χ3v) is 4.49. The molecule has 0 radical (unpaired) electrons. The van der Waals surface area contributed by atoms with Crippen molar-refractivity contribution in [1.29, 1.82) is 0 Å². The number of nitrogens with zero attached hydrogens (tertiary/aromatic N) is 2. The second-order valence-corrected chi connectivity index (χ2v) is 6.21. The van der Waals surface area contributed by atoms with E-state index in [2.05, 4.69) is 4.98 Å². The van der Waals surface area contributed by atoms with E-state index in [0.29, 0.717) is 18.7 Å². The topological polar surface area (TPSA) is 79.7 Å². The van der Waals surface area contributed by atoms with Gasteiger partial charge < -0.3 is 14.7 Å². The Balaban J connectivity index is 2.06. The molecule has 1 aromatic heterocycles. The lowest BCUT2D eigenvalue weighted by Gasteiger charge is -2.16. The van der Waals surface area contributed by atoms with Crippen LogP contribution in [0.25, 0.3) is 0 Å². The number of rotatable bonds is 7. The second kappa shape index (κ2) is 8.03. The van der Waals surface area contributed by atoms with E-state index >= 15 is 0 Å². The van der Waals surface area contributed by atoms with Gasteiger partial charge in [0.1, 0.15) is 11.1 Å². The Hall–Kier alpha value is -2.25. The van der Waals surface area contributed by atoms with E-state index < -0.39 is 5.97 Å². The minimum atomic E-state index is -1.05. The van der Waals surface area contributed by atoms with Gasteiger partial charge in [-0.1, -0.05) is 6.07 Å². The van der Waals surface area contributed by atoms with Crippen LogP contribution < -0.4 is 0 Å². The van der Waals surface area contributed by atoms with Gasteiger partial charge in [-0.2, -0.15) is 0 Å². The molecule has 0 spiro atoms. The lowest BCUT2D eigenvalue weighted by Crippen LogP contribution is -2.26. The Morgan fingerprint density at radius 1 is 1.38 bits per heavy atom. The van der Waals surface area contributed by atoms with Crippen molar-refractivity contribution in [3.63, 3.8) is 0 Å². The number of thiazole rings is 1. The number of hydrogen-bond acceptors (Lipinski definition) is 5. The number of hydrogen-bond donors (Lipinski definition) is 1. The number of aromatic carboxylic acids is 1. The molecule has 128 valence electrons. The van der Waals surface area contributed by atoms with Crippen molar-refractivity contribution in [3.8, 4) is 0 Å². The normalized spacial score (nSPS) is 12.0. The molecular weight excluding hydrogens is 328 g/mol. The van der Waals surface area contributed by atoms with Gasteiger partial charge in [-0.15, -0.1) is 11.3 Å². The fourth-order valence-corrected chi connectivity index (χ4v) is 3.04. The zero-order valence-electron chi connectivity index (χ0n) is 13.9. The maximum absolute atomic E-state index is 12.5. The van der Waals surface area contributed by atoms with Crippen LogP contribution in [0.5, 0.6) is 0 Å². The van der Waals surface area contributed by atoms with Gasteiger partial charge in [0, 0.05) is 24.6 Å². The number of amides is 1. The molecule has 24 heavy (non-hydrogen) atoms. The summed E-state index contributed by atoms with van der Waals surface area (Å²) in [5, 5.41) is 11.8. The number of aromatic nitrogens is 1. The fraction of sp³-hybridized carbons (Fsp3) is 0.353. The molecule has 0 fully saturated rings. The third kappa shape index (κ3) is 4.39. The van der Waals surface area contributed by atoms with Gasteiger partial charge in [-0.25, -0.2) is 9.78 Å². The second-order valence-electron chi connectivity index (χ2n) is 5.32. The van der Waals surface area contributed by atoms with Gasteiger partial charge in [0.15, 0.2) is 0 Å². The Kier molecular flexibility index (Phi) is 6.05. The van der Waals surface area contributed by atoms with Gasteiger partial charge >= 0.3 is 5.97 Å². The standard InChI is InChI=1S/C17H20N2O4S/c1-4-23-11(2)15-18-14(10-24-15)9-19(3)16(20)12-6-5-7-13(8-12)17(21)22/h5-8,10-11H,4,9H2,1-3H3,(H,21,22). The Morgan fingerprint density at radius 2 is 2.08 bits per heavy atom. The predicted molar refractivity (Wildman–Crippen MR) is 91.4 cm³/mol. The van der Waals surface area contributed by atoms with Crippen LogP contribution >= 0.6 is 11.3 Å². The van der Waals surface area contributed by atoms with Crippen LogP contribution in [-0.2, 0) is 11.3 Å². The van der Waals surface area contributed by atoms with Crippen molar-refractivity contribution in [2.75, 3.05) is 13.7 Å². The number of ether oxygens (including phenoxy) is 1. The summed E-state index contributed by atoms with van der Waals surface area (Å²) in [5.41, 5.74) is 1.22. The van der Waals surface area contributed by atoms with Crippen molar-refractivity contribution in [2.24, 2.45) is 0 Å². The van der Waals surface area contributed by atoms with Crippen molar-refractivity contribution in [1.82, 2.24) is 9.88 Å². The lowest BCUT2D eigenvalue weighted by atomic mass is 10.1. The first-order valence-electron chi connectivity index (χ1n) is 7.57. The summed E-state index contributed by atoms with van der Waals surface area (Å²) in [6.07, 6.45) is -0.0676. The highest BCUT2D eigenvalue weighted by Crippen LogP contribution is 2.22. The molecule has 0 saturated heterocycles. The van der Waals surface area contributed by atoms with Gasteiger partial charge in [0.05, 0.1) is 17.8 Å². The quantitative estimate of drug-likeness (QED) is 0.831. The van der Waals surface area contributed by atoms with E-state index in [-0.39, 0.29) is 17.6 Å². The molecule has 0 saturated carbocycles. The van der Waals surface area contributed by atoms with Gasteiger partial charge in [0.2, 0.25) is 0 Å². The Labute approximate surface area is 144 Å². The third-order valence-electron chi connectivity index (χ3n) is 3.44. The van der Waals surface area contributed by atoms with E-state index in [1.807, 2.05) is 19.2 Å². The van der Waals surface area contributed by atoms with Crippen LogP contribution in [0.2, 0.25) is 0 Å². The predicted octanol–water partition coefficient (Wildman–Crippen LogP) is 3.21. The van der Waals surface area contributed by atoms with E-state index in [0.717, 1.165) is 10.7 Å². The summed E-state index contributed by atoms with van der Waals surface area (Å²) in [6, 6.07) is 6.01. The zero-order valence-corrected chi connectivity index (χ0v) is 14.7. The fourth-order valence-electron chi connectivity index (χ4n) is 2.22. The molecule has 7 heteroatoms. The molecule has 1 unspecified atom stereocenters. The van der Waals surface area contributed by atoms with Gasteiger partial charge in [0.25, 0.3) is 5.91 Å². The van der Waals surface area contributed by atoms with Gasteiger partial charge in [-0.05, 0) is 32.0 Å². The summed E-state index contributed by atoms with van der Waals surface area (Å²) >= 11 is 1.50. The van der Waals surface area contributed by atoms with Crippen molar-refractivity contribution < 1.29 is 19.4 Å². The van der Waals surface area contributed by atoms with E-state index in [1.54, 1.807) is 19.2 Å². The van der Waals surface area contributed by atoms with E-state index in [4.69, 9.17) is 9.84 Å². The first kappa shape index (κ1) is 18.1. The summed E-state index contributed by atoms with van der Waals surface area (Å²) in [4.78, 5) is 29.5. The lowest BCUT2D eigenvalue weighted by molar-refractivity contribution is 0.0696. The molecule has 2 rings (SSSR count).